The number of non-ortho nitro benzene ring substituents is 1. The SMILES string of the molecule is CC[Si](CC)(CC)O[C@H]1[C@H]2O[C@@H]([C@H](O)C(C)C)C[C@@H](C)[C@@H]2[C@@]2(C)CC[C@@]34C[C@@]35CC[C@H](C)C(C)(C)[C@@H]5CC[C@H]4[C@]12C.CC[Si](CC)(CC)O[C@H]1[C@H]2O[C@@H]([C@H](OC(=O)NC)C(C)C)C[C@@H](C)[C@@H]2[C@@]2(C)CC[C@@]34C[C@@]35CC[C@H](C)C(C)(C)[C@@H]5CC[C@H]4[C@]12C.O=C(Cl)Oc1ccc([N+](=O)[O-])cc1. The van der Waals surface area contributed by atoms with Gasteiger partial charge in [0, 0.05) is 41.6 Å². The van der Waals surface area contributed by atoms with E-state index in [0.29, 0.717) is 62.1 Å². The van der Waals surface area contributed by atoms with Crippen LogP contribution in [0.4, 0.5) is 15.3 Å². The minimum atomic E-state index is -1.95. The lowest BCUT2D eigenvalue weighted by atomic mass is 9.41. The molecule has 99 heavy (non-hydrogen) atoms. The Hall–Kier alpha value is -2.12. The fraction of sp³-hybridized carbons (Fsp3) is 0.904. The molecule has 13 rings (SSSR count). The van der Waals surface area contributed by atoms with E-state index >= 15 is 0 Å². The second-order valence-electron chi connectivity index (χ2n) is 38.8. The van der Waals surface area contributed by atoms with Gasteiger partial charge in [-0.1, -0.05) is 152 Å². The largest absolute Gasteiger partial charge is 0.443 e. The van der Waals surface area contributed by atoms with E-state index in [1.54, 1.807) is 7.05 Å². The molecule has 2 N–H and O–H groups in total. The number of nitrogens with one attached hydrogen (secondary N) is 1. The first kappa shape index (κ1) is 78.0. The molecule has 2 saturated heterocycles. The molecule has 13 nitrogen and oxygen atoms in total. The van der Waals surface area contributed by atoms with Crippen molar-refractivity contribution in [3.8, 4) is 5.75 Å². The summed E-state index contributed by atoms with van der Waals surface area (Å²) in [6, 6.07) is 12.1. The molecule has 1 amide bonds. The summed E-state index contributed by atoms with van der Waals surface area (Å²) in [6.07, 6.45) is 21.0. The minimum Gasteiger partial charge on any atom is -0.443 e. The molecule has 26 atom stereocenters. The van der Waals surface area contributed by atoms with Gasteiger partial charge in [-0.05, 0) is 265 Å². The highest BCUT2D eigenvalue weighted by atomic mass is 35.5. The molecule has 1 aromatic rings. The smallest absolute Gasteiger partial charge is 0.409 e. The summed E-state index contributed by atoms with van der Waals surface area (Å²) in [5.74, 6) is 7.48. The van der Waals surface area contributed by atoms with Crippen molar-refractivity contribution in [2.24, 2.45) is 125 Å². The van der Waals surface area contributed by atoms with Crippen LogP contribution in [0, 0.1) is 135 Å². The van der Waals surface area contributed by atoms with Crippen LogP contribution in [-0.4, -0.2) is 94.1 Å². The molecule has 16 heteroatoms. The first-order valence-electron chi connectivity index (χ1n) is 40.7. The second kappa shape index (κ2) is 27.3. The van der Waals surface area contributed by atoms with Crippen LogP contribution < -0.4 is 10.1 Å². The molecule has 2 aliphatic heterocycles. The Morgan fingerprint density at radius 2 is 0.980 bits per heavy atom. The molecule has 2 heterocycles. The van der Waals surface area contributed by atoms with Crippen LogP contribution in [0.5, 0.6) is 5.75 Å². The topological polar surface area (TPSA) is 165 Å². The quantitative estimate of drug-likeness (QED) is 0.0660. The van der Waals surface area contributed by atoms with Crippen molar-refractivity contribution < 1.29 is 47.4 Å². The molecule has 10 saturated carbocycles. The molecule has 0 aromatic heterocycles. The summed E-state index contributed by atoms with van der Waals surface area (Å²) in [6.45, 7) is 54.4. The van der Waals surface area contributed by atoms with E-state index in [1.165, 1.54) is 150 Å². The third-order valence-corrected chi connectivity index (χ3v) is 44.4. The van der Waals surface area contributed by atoms with Gasteiger partial charge in [-0.25, -0.2) is 9.59 Å². The lowest BCUT2D eigenvalue weighted by molar-refractivity contribution is -0.384. The van der Waals surface area contributed by atoms with Crippen LogP contribution >= 0.6 is 11.6 Å². The fourth-order valence-corrected chi connectivity index (χ4v) is 34.2. The Labute approximate surface area is 607 Å². The van der Waals surface area contributed by atoms with Crippen molar-refractivity contribution in [2.45, 2.75) is 340 Å². The van der Waals surface area contributed by atoms with Crippen molar-refractivity contribution in [1.82, 2.24) is 5.32 Å². The average molecular weight is 1430 g/mol. The molecule has 0 unspecified atom stereocenters. The number of amides is 1. The van der Waals surface area contributed by atoms with Gasteiger partial charge in [0.1, 0.15) is 11.9 Å². The average Bonchev–Trinajstić information content (AvgIpc) is 1.47. The minimum absolute atomic E-state index is 0.0604. The van der Waals surface area contributed by atoms with E-state index in [1.807, 2.05) is 0 Å². The van der Waals surface area contributed by atoms with Crippen LogP contribution in [0.25, 0.3) is 0 Å². The zero-order valence-corrected chi connectivity index (χ0v) is 69.0. The van der Waals surface area contributed by atoms with Crippen molar-refractivity contribution in [3.63, 3.8) is 0 Å². The first-order valence-corrected chi connectivity index (χ1v) is 46.1. The number of rotatable bonds is 17. The van der Waals surface area contributed by atoms with Gasteiger partial charge in [0.25, 0.3) is 5.69 Å². The van der Waals surface area contributed by atoms with Gasteiger partial charge < -0.3 is 38.2 Å². The van der Waals surface area contributed by atoms with Gasteiger partial charge in [0.2, 0.25) is 0 Å². The number of benzene rings is 1. The maximum Gasteiger partial charge on any atom is 0.409 e. The highest BCUT2D eigenvalue weighted by Gasteiger charge is 2.87. The van der Waals surface area contributed by atoms with Gasteiger partial charge in [-0.2, -0.15) is 0 Å². The number of carbonyl (C=O) groups excluding carboxylic acids is 2. The number of alkyl carbamates (subject to hydrolysis) is 1. The lowest BCUT2D eigenvalue weighted by Crippen LogP contribution is -2.60. The van der Waals surface area contributed by atoms with Gasteiger partial charge in [-0.15, -0.1) is 0 Å². The van der Waals surface area contributed by atoms with Gasteiger partial charge in [0.05, 0.1) is 47.7 Å². The Kier molecular flexibility index (Phi) is 21.5. The summed E-state index contributed by atoms with van der Waals surface area (Å²) >= 11 is 4.92. The second-order valence-corrected chi connectivity index (χ2v) is 48.5. The van der Waals surface area contributed by atoms with E-state index < -0.39 is 33.1 Å². The number of fused-ring (bicyclic) bond motifs is 8. The van der Waals surface area contributed by atoms with Gasteiger partial charge >= 0.3 is 11.5 Å². The van der Waals surface area contributed by atoms with Crippen LogP contribution in [0.1, 0.15) is 255 Å². The van der Waals surface area contributed by atoms with Gasteiger partial charge in [-0.3, -0.25) is 10.1 Å². The molecular weight excluding hydrogens is 1290 g/mol. The number of nitro groups is 1. The van der Waals surface area contributed by atoms with Crippen LogP contribution in [0.15, 0.2) is 24.3 Å². The first-order chi connectivity index (χ1) is 46.3. The maximum atomic E-state index is 12.5. The van der Waals surface area contributed by atoms with E-state index in [9.17, 15) is 24.8 Å². The third-order valence-electron chi connectivity index (χ3n) is 35.1. The number of nitrogens with zero attached hydrogens (tertiary/aromatic N) is 1. The van der Waals surface area contributed by atoms with Crippen molar-refractivity contribution in [3.05, 3.63) is 34.4 Å². The molecule has 562 valence electrons. The number of carbonyl (C=O) groups is 2. The monoisotopic (exact) mass is 1430 g/mol. The summed E-state index contributed by atoms with van der Waals surface area (Å²) in [4.78, 5) is 32.4. The maximum absolute atomic E-state index is 12.5. The predicted octanol–water partition coefficient (Wildman–Crippen LogP) is 21.7. The van der Waals surface area contributed by atoms with E-state index in [0.717, 1.165) is 42.4 Å². The third kappa shape index (κ3) is 11.6. The van der Waals surface area contributed by atoms with Crippen molar-refractivity contribution in [1.29, 1.82) is 0 Å². The fourth-order valence-electron chi connectivity index (χ4n) is 28.3. The van der Waals surface area contributed by atoms with Crippen LogP contribution in [0.2, 0.25) is 36.3 Å². The highest BCUT2D eigenvalue weighted by molar-refractivity contribution is 6.74. The molecule has 4 spiro atoms. The molecule has 12 aliphatic rings. The highest BCUT2D eigenvalue weighted by Crippen LogP contribution is 2.92. The normalized spacial score (nSPS) is 45.2. The predicted molar refractivity (Wildman–Crippen MR) is 403 cm³/mol. The Morgan fingerprint density at radius 1 is 0.596 bits per heavy atom. The summed E-state index contributed by atoms with van der Waals surface area (Å²) in [5.41, 5.74) is 2.59. The van der Waals surface area contributed by atoms with E-state index in [4.69, 9.17) is 34.7 Å². The van der Waals surface area contributed by atoms with Crippen LogP contribution in [-0.2, 0) is 23.1 Å². The van der Waals surface area contributed by atoms with Gasteiger partial charge in [0.15, 0.2) is 16.6 Å². The lowest BCUT2D eigenvalue weighted by Gasteiger charge is -2.64. The molecular formula is C83H139ClN2O11Si2. The number of ether oxygens (including phenoxy) is 4. The number of aliphatic hydroxyl groups excluding tert-OH is 1. The molecule has 12 fully saturated rings. The number of hydrogen-bond donors (Lipinski definition) is 2. The standard InChI is InChI=1S/C39H69NO4Si.C37H66O3Si.C7H4ClNO4/c1-13-45(14-2,15-3)44-33-32-30(25(6)22-27(42-32)31(24(4)5)43-34(41)40-12)36(10)20-21-39-23-38(39)19-18-26(7)35(8,9)28(38)16-17-29(39)37(33,36)11;1-12-41(13-2,14-3)40-32-31-29(24(6)21-26(39-31)30(38)23(4)5)34(10)19-20-37-22-36(37)18-17-25(7)33(8,9)27(36)15-16-28(37)35(32,34)11;8-7(10)13-6-3-1-5(2-4-6)9(11)12/h24-33H,13-23H2,1-12H3,(H,40,41);23-32,38H,12-22H2,1-11H3;1-4H/t25-,26+,27-,28+,29+,30+,31-,32+,33+,36-,37-,38-,39+;24-,25+,26-,27+,28+,29+,30-,31+,32+,34-,35-,36-,37+;/m11./s1. The Morgan fingerprint density at radius 3 is 1.34 bits per heavy atom. The zero-order valence-electron chi connectivity index (χ0n) is 66.3. The molecule has 0 radical (unpaired) electrons. The number of nitro benzene ring substituents is 1. The molecule has 1 aromatic carbocycles. The summed E-state index contributed by atoms with van der Waals surface area (Å²) in [5, 5.41) is 24.2. The number of hydrogen-bond acceptors (Lipinski definition) is 11. The number of aliphatic hydroxyl groups is 1. The van der Waals surface area contributed by atoms with Crippen LogP contribution in [0.3, 0.4) is 0 Å². The molecule has 0 bridgehead atoms. The van der Waals surface area contributed by atoms with E-state index in [2.05, 4.69) is 162 Å². The van der Waals surface area contributed by atoms with E-state index in [-0.39, 0.29) is 93.8 Å². The number of halogens is 1. The zero-order chi connectivity index (χ0) is 72.8. The summed E-state index contributed by atoms with van der Waals surface area (Å²) in [7, 11) is -2.18. The summed E-state index contributed by atoms with van der Waals surface area (Å²) < 4.78 is 40.9. The Balaban J connectivity index is 0.000000170. The van der Waals surface area contributed by atoms with Crippen molar-refractivity contribution in [2.75, 3.05) is 7.05 Å². The Bertz CT molecular complexity index is 3070. The molecule has 10 aliphatic carbocycles. The van der Waals surface area contributed by atoms with Crippen molar-refractivity contribution >= 4 is 45.4 Å².